The van der Waals surface area contributed by atoms with Crippen LogP contribution in [0.3, 0.4) is 0 Å². The second-order valence-electron chi connectivity index (χ2n) is 6.93. The molecule has 2 aromatic rings. The predicted octanol–water partition coefficient (Wildman–Crippen LogP) is 2.28. The molecule has 0 spiro atoms. The molecule has 132 valence electrons. The smallest absolute Gasteiger partial charge is 0.137 e. The maximum atomic E-state index is 10.6. The van der Waals surface area contributed by atoms with Crippen LogP contribution in [0.4, 0.5) is 0 Å². The van der Waals surface area contributed by atoms with E-state index in [2.05, 4.69) is 33.5 Å². The van der Waals surface area contributed by atoms with Crippen molar-refractivity contribution in [3.63, 3.8) is 0 Å². The fourth-order valence-electron chi connectivity index (χ4n) is 3.62. The number of aliphatic hydroxyl groups is 1. The highest BCUT2D eigenvalue weighted by Gasteiger charge is 2.28. The zero-order valence-corrected chi connectivity index (χ0v) is 15.0. The molecule has 1 N–H and O–H groups in total. The van der Waals surface area contributed by atoms with Crippen molar-refractivity contribution >= 4 is 0 Å². The lowest BCUT2D eigenvalue weighted by molar-refractivity contribution is 0.0491. The Bertz CT molecular complexity index is 654. The Morgan fingerprint density at radius 1 is 1.33 bits per heavy atom. The van der Waals surface area contributed by atoms with Crippen molar-refractivity contribution in [3.05, 3.63) is 35.7 Å². The van der Waals surface area contributed by atoms with Crippen LogP contribution in [0.5, 0.6) is 0 Å². The molecule has 1 atom stereocenters. The highest BCUT2D eigenvalue weighted by atomic mass is 16.3. The Morgan fingerprint density at radius 3 is 2.71 bits per heavy atom. The fraction of sp³-hybridized carbons (Fsp3) is 0.667. The summed E-state index contributed by atoms with van der Waals surface area (Å²) in [4.78, 5) is 6.77. The maximum Gasteiger partial charge on any atom is 0.137 e. The Kier molecular flexibility index (Phi) is 5.36. The van der Waals surface area contributed by atoms with Gasteiger partial charge in [0.1, 0.15) is 11.9 Å². The minimum Gasteiger partial charge on any atom is -0.385 e. The van der Waals surface area contributed by atoms with Crippen LogP contribution < -0.4 is 0 Å². The number of rotatable bonds is 6. The monoisotopic (exact) mass is 331 g/mol. The number of piperidine rings is 1. The average Bonchev–Trinajstić information content (AvgIpc) is 3.16. The van der Waals surface area contributed by atoms with Crippen LogP contribution in [-0.4, -0.2) is 42.4 Å². The fourth-order valence-corrected chi connectivity index (χ4v) is 3.62. The van der Waals surface area contributed by atoms with Gasteiger partial charge in [0.05, 0.1) is 6.20 Å². The second kappa shape index (κ2) is 7.49. The molecule has 0 aromatic carbocycles. The van der Waals surface area contributed by atoms with Crippen molar-refractivity contribution in [2.75, 3.05) is 13.1 Å². The van der Waals surface area contributed by atoms with Crippen LogP contribution >= 0.6 is 0 Å². The molecule has 2 aromatic heterocycles. The zero-order valence-electron chi connectivity index (χ0n) is 15.0. The Hall–Kier alpha value is -1.66. The zero-order chi connectivity index (χ0) is 17.1. The molecule has 3 heterocycles. The van der Waals surface area contributed by atoms with Gasteiger partial charge in [-0.2, -0.15) is 5.10 Å². The van der Waals surface area contributed by atoms with E-state index in [0.29, 0.717) is 5.92 Å². The quantitative estimate of drug-likeness (QED) is 0.882. The van der Waals surface area contributed by atoms with Gasteiger partial charge in [-0.3, -0.25) is 9.58 Å². The number of imidazole rings is 1. The summed E-state index contributed by atoms with van der Waals surface area (Å²) >= 11 is 0. The number of hydrogen-bond acceptors (Lipinski definition) is 4. The van der Waals surface area contributed by atoms with E-state index in [4.69, 9.17) is 0 Å². The highest BCUT2D eigenvalue weighted by molar-refractivity contribution is 5.16. The van der Waals surface area contributed by atoms with Gasteiger partial charge < -0.3 is 9.67 Å². The number of nitrogens with zero attached hydrogens (tertiary/aromatic N) is 5. The van der Waals surface area contributed by atoms with Gasteiger partial charge >= 0.3 is 0 Å². The van der Waals surface area contributed by atoms with E-state index in [-0.39, 0.29) is 0 Å². The third kappa shape index (κ3) is 3.54. The number of hydrogen-bond donors (Lipinski definition) is 1. The van der Waals surface area contributed by atoms with E-state index in [1.165, 1.54) is 11.3 Å². The SMILES string of the molecule is CCCn1ncc(CN2CCC(C(O)c3nccn3C)CC2)c1C. The summed E-state index contributed by atoms with van der Waals surface area (Å²) in [6.45, 7) is 8.33. The van der Waals surface area contributed by atoms with Gasteiger partial charge in [0, 0.05) is 43.8 Å². The maximum absolute atomic E-state index is 10.6. The van der Waals surface area contributed by atoms with Crippen molar-refractivity contribution in [2.24, 2.45) is 13.0 Å². The Balaban J connectivity index is 1.55. The molecule has 1 aliphatic rings. The minimum atomic E-state index is -0.457. The van der Waals surface area contributed by atoms with E-state index >= 15 is 0 Å². The molecule has 1 fully saturated rings. The summed E-state index contributed by atoms with van der Waals surface area (Å²) in [6.07, 6.45) is 8.33. The van der Waals surface area contributed by atoms with Crippen molar-refractivity contribution in [3.8, 4) is 0 Å². The van der Waals surface area contributed by atoms with Gasteiger partial charge in [-0.25, -0.2) is 4.98 Å². The molecule has 3 rings (SSSR count). The molecular weight excluding hydrogens is 302 g/mol. The molecule has 1 aliphatic heterocycles. The molecule has 0 aliphatic carbocycles. The summed E-state index contributed by atoms with van der Waals surface area (Å²) in [5.41, 5.74) is 2.61. The lowest BCUT2D eigenvalue weighted by Crippen LogP contribution is -2.35. The summed E-state index contributed by atoms with van der Waals surface area (Å²) in [5.74, 6) is 1.08. The Labute approximate surface area is 144 Å². The van der Waals surface area contributed by atoms with E-state index in [1.807, 2.05) is 24.0 Å². The van der Waals surface area contributed by atoms with Gasteiger partial charge in [-0.05, 0) is 45.2 Å². The van der Waals surface area contributed by atoms with Gasteiger partial charge in [-0.1, -0.05) is 6.92 Å². The second-order valence-corrected chi connectivity index (χ2v) is 6.93. The lowest BCUT2D eigenvalue weighted by atomic mass is 9.90. The molecule has 0 bridgehead atoms. The van der Waals surface area contributed by atoms with E-state index in [9.17, 15) is 5.11 Å². The first-order valence-corrected chi connectivity index (χ1v) is 8.99. The van der Waals surface area contributed by atoms with Gasteiger partial charge in [0.2, 0.25) is 0 Å². The number of aliphatic hydroxyl groups excluding tert-OH is 1. The molecule has 1 unspecified atom stereocenters. The van der Waals surface area contributed by atoms with Crippen molar-refractivity contribution in [1.82, 2.24) is 24.2 Å². The van der Waals surface area contributed by atoms with Gasteiger partial charge in [0.15, 0.2) is 0 Å². The molecule has 0 amide bonds. The first-order valence-electron chi connectivity index (χ1n) is 8.99. The normalized spacial score (nSPS) is 18.2. The topological polar surface area (TPSA) is 59.1 Å². The summed E-state index contributed by atoms with van der Waals surface area (Å²) in [6, 6.07) is 0. The standard InChI is InChI=1S/C18H29N5O/c1-4-8-23-14(2)16(12-20-23)13-22-9-5-15(6-10-22)17(24)18-19-7-11-21(18)3/h7,11-12,15,17,24H,4-6,8-10,13H2,1-3H3. The van der Waals surface area contributed by atoms with Gasteiger partial charge in [0.25, 0.3) is 0 Å². The average molecular weight is 331 g/mol. The molecule has 6 heteroatoms. The first-order chi connectivity index (χ1) is 11.6. The third-order valence-corrected chi connectivity index (χ3v) is 5.24. The van der Waals surface area contributed by atoms with Gasteiger partial charge in [-0.15, -0.1) is 0 Å². The lowest BCUT2D eigenvalue weighted by Gasteiger charge is -2.33. The minimum absolute atomic E-state index is 0.297. The van der Waals surface area contributed by atoms with Crippen LogP contribution in [0, 0.1) is 12.8 Å². The van der Waals surface area contributed by atoms with E-state index < -0.39 is 6.10 Å². The van der Waals surface area contributed by atoms with Crippen molar-refractivity contribution < 1.29 is 5.11 Å². The van der Waals surface area contributed by atoms with Crippen LogP contribution in [-0.2, 0) is 20.1 Å². The predicted molar refractivity (Wildman–Crippen MR) is 93.4 cm³/mol. The van der Waals surface area contributed by atoms with Crippen molar-refractivity contribution in [1.29, 1.82) is 0 Å². The Morgan fingerprint density at radius 2 is 2.08 bits per heavy atom. The number of aromatic nitrogens is 4. The summed E-state index contributed by atoms with van der Waals surface area (Å²) in [5, 5.41) is 15.1. The van der Waals surface area contributed by atoms with Crippen molar-refractivity contribution in [2.45, 2.75) is 52.3 Å². The first kappa shape index (κ1) is 17.2. The number of likely N-dealkylation sites (tertiary alicyclic amines) is 1. The summed E-state index contributed by atoms with van der Waals surface area (Å²) in [7, 11) is 1.94. The molecular formula is C18H29N5O. The third-order valence-electron chi connectivity index (χ3n) is 5.24. The molecule has 0 radical (unpaired) electrons. The highest BCUT2D eigenvalue weighted by Crippen LogP contribution is 2.30. The van der Waals surface area contributed by atoms with Crippen LogP contribution in [0.2, 0.25) is 0 Å². The molecule has 1 saturated heterocycles. The van der Waals surface area contributed by atoms with E-state index in [1.54, 1.807) is 6.20 Å². The van der Waals surface area contributed by atoms with Crippen LogP contribution in [0.15, 0.2) is 18.6 Å². The molecule has 24 heavy (non-hydrogen) atoms. The van der Waals surface area contributed by atoms with Crippen LogP contribution in [0.1, 0.15) is 49.4 Å². The largest absolute Gasteiger partial charge is 0.385 e. The number of aryl methyl sites for hydroxylation is 2. The molecule has 0 saturated carbocycles. The van der Waals surface area contributed by atoms with Crippen LogP contribution in [0.25, 0.3) is 0 Å². The van der Waals surface area contributed by atoms with E-state index in [0.717, 1.165) is 51.3 Å². The summed E-state index contributed by atoms with van der Waals surface area (Å²) < 4.78 is 4.02. The molecule has 6 nitrogen and oxygen atoms in total.